The molecule has 2 aromatic carbocycles. The summed E-state index contributed by atoms with van der Waals surface area (Å²) in [5, 5.41) is 9.86. The van der Waals surface area contributed by atoms with Crippen LogP contribution in [0.5, 0.6) is 0 Å². The van der Waals surface area contributed by atoms with Gasteiger partial charge in [-0.25, -0.2) is 4.79 Å². The van der Waals surface area contributed by atoms with E-state index in [1.807, 2.05) is 37.1 Å². The maximum atomic E-state index is 15.2. The second kappa shape index (κ2) is 16.0. The van der Waals surface area contributed by atoms with Gasteiger partial charge in [0.05, 0.1) is 5.56 Å². The van der Waals surface area contributed by atoms with E-state index in [2.05, 4.69) is 64.4 Å². The molecule has 3 aromatic rings. The number of benzene rings is 2. The number of hydrogen-bond donors (Lipinski definition) is 1. The van der Waals surface area contributed by atoms with E-state index in [-0.39, 0.29) is 24.4 Å². The molecule has 4 heterocycles. The molecule has 274 valence electrons. The van der Waals surface area contributed by atoms with E-state index in [1.54, 1.807) is 0 Å². The van der Waals surface area contributed by atoms with Crippen molar-refractivity contribution in [1.82, 2.24) is 29.1 Å². The molecule has 3 amide bonds. The average Bonchev–Trinajstić information content (AvgIpc) is 3.43. The third-order valence-corrected chi connectivity index (χ3v) is 11.4. The van der Waals surface area contributed by atoms with Gasteiger partial charge in [0, 0.05) is 101 Å². The van der Waals surface area contributed by atoms with E-state index in [4.69, 9.17) is 0 Å². The van der Waals surface area contributed by atoms with Crippen molar-refractivity contribution in [2.24, 2.45) is 7.05 Å². The zero-order valence-electron chi connectivity index (χ0n) is 31.3. The first-order chi connectivity index (χ1) is 24.6. The fraction of sp³-hybridized carbons (Fsp3) is 0.537. The third-order valence-electron chi connectivity index (χ3n) is 11.4. The van der Waals surface area contributed by atoms with E-state index in [0.29, 0.717) is 30.6 Å². The number of carbonyl (C=O) groups excluding carboxylic acids is 2. The molecule has 3 aliphatic rings. The molecule has 0 aliphatic carbocycles. The Kier molecular flexibility index (Phi) is 11.5. The van der Waals surface area contributed by atoms with Crippen molar-refractivity contribution in [3.63, 3.8) is 0 Å². The number of aromatic nitrogens is 1. The molecule has 1 aromatic heterocycles. The summed E-state index contributed by atoms with van der Waals surface area (Å²) in [5.74, 6) is -0.00723. The molecule has 0 spiro atoms. The Labute approximate surface area is 303 Å². The van der Waals surface area contributed by atoms with E-state index < -0.39 is 6.09 Å². The van der Waals surface area contributed by atoms with Gasteiger partial charge in [0.15, 0.2) is 0 Å². The van der Waals surface area contributed by atoms with Gasteiger partial charge < -0.3 is 29.3 Å². The highest BCUT2D eigenvalue weighted by atomic mass is 16.4. The minimum atomic E-state index is -0.950. The zero-order valence-corrected chi connectivity index (χ0v) is 31.3. The van der Waals surface area contributed by atoms with E-state index >= 15 is 4.79 Å². The third kappa shape index (κ3) is 7.87. The number of nitrogens with zero attached hydrogens (tertiary/aromatic N) is 6. The summed E-state index contributed by atoms with van der Waals surface area (Å²) in [6.07, 6.45) is 4.36. The number of fused-ring (bicyclic) bond motifs is 2. The summed E-state index contributed by atoms with van der Waals surface area (Å²) in [4.78, 5) is 51.6. The van der Waals surface area contributed by atoms with E-state index in [1.165, 1.54) is 16.0 Å². The Morgan fingerprint density at radius 3 is 2.18 bits per heavy atom. The van der Waals surface area contributed by atoms with Crippen molar-refractivity contribution < 1.29 is 19.5 Å². The Balaban J connectivity index is 1.42. The lowest BCUT2D eigenvalue weighted by Crippen LogP contribution is -2.53. The number of amides is 3. The molecule has 0 bridgehead atoms. The van der Waals surface area contributed by atoms with Gasteiger partial charge in [0.25, 0.3) is 11.8 Å². The molecule has 3 aliphatic heterocycles. The molecule has 0 unspecified atom stereocenters. The van der Waals surface area contributed by atoms with Crippen LogP contribution in [0.2, 0.25) is 0 Å². The van der Waals surface area contributed by atoms with Crippen LogP contribution in [0.1, 0.15) is 88.2 Å². The van der Waals surface area contributed by atoms with Crippen LogP contribution in [0.3, 0.4) is 0 Å². The zero-order chi connectivity index (χ0) is 36.2. The summed E-state index contributed by atoms with van der Waals surface area (Å²) >= 11 is 0. The standard InChI is InChI=1S/C41H56N6O4/c1-6-8-15-45(16-9-7-2)39(48)35-25-38(43(5)29(35)3)36-23-31-14-17-46(41(50)51)26-33(31)24-37(36)40(49)47-27-32-13-11-10-12-30(32)22-34(47)28-44-20-18-42(4)19-21-44/h10-13,23-25,34H,6-9,14-22,26-28H2,1-5H3,(H,50,51)/t34-/m0/s1. The van der Waals surface area contributed by atoms with Crippen LogP contribution in [0.15, 0.2) is 42.5 Å². The SMILES string of the molecule is CCCCN(CCCC)C(=O)c1cc(-c2cc3c(cc2C(=O)N2Cc4ccccc4C[C@H]2CN2CCN(C)CC2)CN(C(=O)O)CC3)n(C)c1C. The highest BCUT2D eigenvalue weighted by Gasteiger charge is 2.35. The normalized spacial score (nSPS) is 18.0. The predicted molar refractivity (Wildman–Crippen MR) is 201 cm³/mol. The van der Waals surface area contributed by atoms with Crippen LogP contribution in [0.4, 0.5) is 4.79 Å². The quantitative estimate of drug-likeness (QED) is 0.269. The maximum Gasteiger partial charge on any atom is 0.407 e. The van der Waals surface area contributed by atoms with Crippen molar-refractivity contribution >= 4 is 17.9 Å². The van der Waals surface area contributed by atoms with Crippen LogP contribution in [-0.2, 0) is 33.0 Å². The Bertz CT molecular complexity index is 1730. The highest BCUT2D eigenvalue weighted by Crippen LogP contribution is 2.36. The number of carbonyl (C=O) groups is 3. The van der Waals surface area contributed by atoms with Gasteiger partial charge in [-0.2, -0.15) is 0 Å². The first-order valence-electron chi connectivity index (χ1n) is 19.0. The fourth-order valence-corrected chi connectivity index (χ4v) is 7.99. The minimum Gasteiger partial charge on any atom is -0.465 e. The molecule has 1 atom stereocenters. The molecule has 0 radical (unpaired) electrons. The second-order valence-electron chi connectivity index (χ2n) is 14.9. The van der Waals surface area contributed by atoms with Crippen LogP contribution < -0.4 is 0 Å². The van der Waals surface area contributed by atoms with Crippen molar-refractivity contribution in [3.8, 4) is 11.3 Å². The number of hydrogen-bond acceptors (Lipinski definition) is 5. The molecule has 10 nitrogen and oxygen atoms in total. The number of carboxylic acid groups (broad SMARTS) is 1. The van der Waals surface area contributed by atoms with Crippen molar-refractivity contribution in [3.05, 3.63) is 81.5 Å². The lowest BCUT2D eigenvalue weighted by Gasteiger charge is -2.42. The molecule has 10 heteroatoms. The number of likely N-dealkylation sites (N-methyl/N-ethyl adjacent to an activating group) is 1. The molecule has 1 fully saturated rings. The second-order valence-corrected chi connectivity index (χ2v) is 14.9. The molecule has 6 rings (SSSR count). The van der Waals surface area contributed by atoms with Gasteiger partial charge in [-0.3, -0.25) is 14.5 Å². The van der Waals surface area contributed by atoms with Gasteiger partial charge in [-0.1, -0.05) is 51.0 Å². The molecule has 1 N–H and O–H groups in total. The molecule has 1 saturated heterocycles. The first kappa shape index (κ1) is 36.6. The van der Waals surface area contributed by atoms with Crippen molar-refractivity contribution in [2.75, 3.05) is 59.4 Å². The molecule has 0 saturated carbocycles. The lowest BCUT2D eigenvalue weighted by molar-refractivity contribution is 0.0536. The Hall–Kier alpha value is -4.15. The van der Waals surface area contributed by atoms with Gasteiger partial charge >= 0.3 is 6.09 Å². The number of rotatable bonds is 11. The Morgan fingerprint density at radius 2 is 1.51 bits per heavy atom. The van der Waals surface area contributed by atoms with Gasteiger partial charge in [0.2, 0.25) is 0 Å². The van der Waals surface area contributed by atoms with Gasteiger partial charge in [-0.15, -0.1) is 0 Å². The van der Waals surface area contributed by atoms with Gasteiger partial charge in [0.1, 0.15) is 0 Å². The average molecular weight is 697 g/mol. The predicted octanol–water partition coefficient (Wildman–Crippen LogP) is 5.89. The van der Waals surface area contributed by atoms with Gasteiger partial charge in [-0.05, 0) is 80.1 Å². The smallest absolute Gasteiger partial charge is 0.407 e. The van der Waals surface area contributed by atoms with Crippen molar-refractivity contribution in [2.45, 2.75) is 78.4 Å². The number of unbranched alkanes of at least 4 members (excludes halogenated alkanes) is 2. The van der Waals surface area contributed by atoms with Crippen LogP contribution in [0, 0.1) is 6.92 Å². The summed E-state index contributed by atoms with van der Waals surface area (Å²) < 4.78 is 2.06. The summed E-state index contributed by atoms with van der Waals surface area (Å²) in [7, 11) is 4.14. The molecular weight excluding hydrogens is 640 g/mol. The topological polar surface area (TPSA) is 92.6 Å². The first-order valence-corrected chi connectivity index (χ1v) is 19.0. The monoisotopic (exact) mass is 696 g/mol. The van der Waals surface area contributed by atoms with E-state index in [9.17, 15) is 14.7 Å². The maximum absolute atomic E-state index is 15.2. The number of piperazine rings is 1. The van der Waals surface area contributed by atoms with Crippen LogP contribution in [-0.4, -0.2) is 118 Å². The summed E-state index contributed by atoms with van der Waals surface area (Å²) in [6.45, 7) is 13.7. The largest absolute Gasteiger partial charge is 0.465 e. The molecule has 51 heavy (non-hydrogen) atoms. The highest BCUT2D eigenvalue weighted by molar-refractivity contribution is 6.03. The van der Waals surface area contributed by atoms with E-state index in [0.717, 1.165) is 106 Å². The summed E-state index contributed by atoms with van der Waals surface area (Å²) in [5.41, 5.74) is 8.14. The van der Waals surface area contributed by atoms with Crippen LogP contribution in [0.25, 0.3) is 11.3 Å². The fourth-order valence-electron chi connectivity index (χ4n) is 7.99. The van der Waals surface area contributed by atoms with Crippen molar-refractivity contribution in [1.29, 1.82) is 0 Å². The lowest BCUT2D eigenvalue weighted by atomic mass is 9.89. The molecular formula is C41H56N6O4. The van der Waals surface area contributed by atoms with Crippen LogP contribution >= 0.6 is 0 Å². The Morgan fingerprint density at radius 1 is 0.824 bits per heavy atom. The minimum absolute atomic E-state index is 0.00631. The summed E-state index contributed by atoms with van der Waals surface area (Å²) in [6, 6.07) is 14.5.